The predicted molar refractivity (Wildman–Crippen MR) is 238 cm³/mol. The van der Waals surface area contributed by atoms with Crippen molar-refractivity contribution in [1.29, 1.82) is 5.41 Å². The van der Waals surface area contributed by atoms with E-state index in [-0.39, 0.29) is 0 Å². The number of fused-ring (bicyclic) bond motifs is 8. The van der Waals surface area contributed by atoms with Gasteiger partial charge in [-0.25, -0.2) is 0 Å². The van der Waals surface area contributed by atoms with Gasteiger partial charge in [0, 0.05) is 49.4 Å². The number of nitrogens with zero attached hydrogens (tertiary/aromatic N) is 2. The molecule has 0 aliphatic rings. The van der Waals surface area contributed by atoms with Crippen LogP contribution in [0, 0.1) is 12.3 Å². The lowest BCUT2D eigenvalue weighted by Gasteiger charge is -2.11. The molecule has 2 heterocycles. The number of aromatic nitrogens is 2. The zero-order valence-electron chi connectivity index (χ0n) is 30.9. The summed E-state index contributed by atoms with van der Waals surface area (Å²) in [6.45, 7) is 2.13. The number of hydrogen-bond acceptors (Lipinski definition) is 2. The van der Waals surface area contributed by atoms with Gasteiger partial charge in [0.05, 0.1) is 33.5 Å². The minimum absolute atomic E-state index is 0.457. The fourth-order valence-corrected chi connectivity index (χ4v) is 8.35. The molecule has 0 spiro atoms. The summed E-state index contributed by atoms with van der Waals surface area (Å²) >= 11 is 0. The van der Waals surface area contributed by atoms with E-state index in [2.05, 4.69) is 150 Å². The molecule has 11 aromatic rings. The number of benzene rings is 9. The van der Waals surface area contributed by atoms with Crippen molar-refractivity contribution in [3.8, 4) is 11.4 Å². The van der Waals surface area contributed by atoms with Gasteiger partial charge in [-0.15, -0.1) is 0 Å². The molecule has 11 rings (SSSR count). The van der Waals surface area contributed by atoms with Gasteiger partial charge < -0.3 is 14.9 Å². The molecule has 0 aliphatic carbocycles. The zero-order valence-corrected chi connectivity index (χ0v) is 30.9. The van der Waals surface area contributed by atoms with Crippen LogP contribution in [-0.4, -0.2) is 14.8 Å². The van der Waals surface area contributed by atoms with Crippen molar-refractivity contribution in [2.45, 2.75) is 6.92 Å². The Hall–Kier alpha value is -7.43. The van der Waals surface area contributed by atoms with Crippen molar-refractivity contribution in [1.82, 2.24) is 9.13 Å². The standard InChI is InChI=1S/C31H22N2.C21H16N2/c1-21-17-19-22(20-18-21)32-28-14-7-4-11-25(28)31-29(32)15-8-16-30(31)33-26-12-5-2-9-23(26)24-10-3-6-13-27(24)33;22-20(17-10-9-14-5-1-2-7-16(14)13-17)19-12-11-15-6-3-4-8-18(15)21(19)23/h2-20H,1H3;1-13,22H,23H2. The molecule has 0 amide bonds. The molecule has 0 saturated heterocycles. The van der Waals surface area contributed by atoms with Gasteiger partial charge in [-0.3, -0.25) is 5.41 Å². The predicted octanol–water partition coefficient (Wildman–Crippen LogP) is 13.2. The Morgan fingerprint density at radius 1 is 0.446 bits per heavy atom. The SMILES string of the molecule is Cc1ccc(-n2c3ccccc3c3c(-n4c5ccccc5c5ccccc54)cccc32)cc1.N=C(c1ccc2ccccc2c1)c1ccc2ccccc2c1N. The molecular formula is C52H38N4. The largest absolute Gasteiger partial charge is 0.398 e. The second kappa shape index (κ2) is 13.5. The van der Waals surface area contributed by atoms with E-state index in [9.17, 15) is 0 Å². The molecule has 9 aromatic carbocycles. The number of hydrogen-bond donors (Lipinski definition) is 2. The lowest BCUT2D eigenvalue weighted by atomic mass is 9.95. The molecule has 0 bridgehead atoms. The Morgan fingerprint density at radius 3 is 1.68 bits per heavy atom. The van der Waals surface area contributed by atoms with Crippen LogP contribution in [-0.2, 0) is 0 Å². The van der Waals surface area contributed by atoms with Crippen molar-refractivity contribution in [2.75, 3.05) is 5.73 Å². The van der Waals surface area contributed by atoms with Crippen LogP contribution in [0.1, 0.15) is 16.7 Å². The van der Waals surface area contributed by atoms with E-state index in [0.717, 1.165) is 27.3 Å². The summed E-state index contributed by atoms with van der Waals surface area (Å²) in [6, 6.07) is 67.9. The highest BCUT2D eigenvalue weighted by Gasteiger charge is 2.19. The molecule has 266 valence electrons. The minimum Gasteiger partial charge on any atom is -0.398 e. The van der Waals surface area contributed by atoms with Crippen LogP contribution in [0.4, 0.5) is 5.69 Å². The van der Waals surface area contributed by atoms with Gasteiger partial charge in [0.1, 0.15) is 0 Å². The Labute approximate surface area is 324 Å². The summed E-state index contributed by atoms with van der Waals surface area (Å²) < 4.78 is 4.82. The molecule has 0 aliphatic heterocycles. The molecular weight excluding hydrogens is 681 g/mol. The molecule has 0 radical (unpaired) electrons. The minimum atomic E-state index is 0.457. The molecule has 2 aromatic heterocycles. The Kier molecular flexibility index (Phi) is 7.97. The normalized spacial score (nSPS) is 11.4. The first-order valence-corrected chi connectivity index (χ1v) is 19.0. The summed E-state index contributed by atoms with van der Waals surface area (Å²) in [5, 5.41) is 18.1. The van der Waals surface area contributed by atoms with E-state index < -0.39 is 0 Å². The van der Waals surface area contributed by atoms with E-state index in [1.807, 2.05) is 60.7 Å². The van der Waals surface area contributed by atoms with Crippen LogP contribution >= 0.6 is 0 Å². The second-order valence-corrected chi connectivity index (χ2v) is 14.4. The Balaban J connectivity index is 0.000000147. The average Bonchev–Trinajstić information content (AvgIpc) is 3.77. The summed E-state index contributed by atoms with van der Waals surface area (Å²) in [7, 11) is 0. The number of anilines is 1. The van der Waals surface area contributed by atoms with Gasteiger partial charge in [0.15, 0.2) is 0 Å². The number of para-hydroxylation sites is 3. The maximum atomic E-state index is 8.58. The fourth-order valence-electron chi connectivity index (χ4n) is 8.35. The molecule has 56 heavy (non-hydrogen) atoms. The zero-order chi connectivity index (χ0) is 37.8. The highest BCUT2D eigenvalue weighted by atomic mass is 15.0. The van der Waals surface area contributed by atoms with Crippen LogP contribution in [0.2, 0.25) is 0 Å². The number of nitrogens with one attached hydrogen (secondary N) is 1. The molecule has 3 N–H and O–H groups in total. The Morgan fingerprint density at radius 2 is 0.982 bits per heavy atom. The summed E-state index contributed by atoms with van der Waals surface area (Å²) in [4.78, 5) is 0. The van der Waals surface area contributed by atoms with Crippen LogP contribution in [0.25, 0.3) is 76.5 Å². The van der Waals surface area contributed by atoms with E-state index >= 15 is 0 Å². The Bertz CT molecular complexity index is 3240. The van der Waals surface area contributed by atoms with Gasteiger partial charge in [0.2, 0.25) is 0 Å². The van der Waals surface area contributed by atoms with Crippen molar-refractivity contribution >= 4 is 76.6 Å². The molecule has 0 unspecified atom stereocenters. The third kappa shape index (κ3) is 5.42. The van der Waals surface area contributed by atoms with Crippen LogP contribution in [0.15, 0.2) is 194 Å². The summed E-state index contributed by atoms with van der Waals surface area (Å²) in [5.74, 6) is 0. The van der Waals surface area contributed by atoms with Crippen molar-refractivity contribution in [3.63, 3.8) is 0 Å². The lowest BCUT2D eigenvalue weighted by Crippen LogP contribution is -2.06. The van der Waals surface area contributed by atoms with Gasteiger partial charge in [-0.1, -0.05) is 151 Å². The van der Waals surface area contributed by atoms with E-state index in [1.165, 1.54) is 65.9 Å². The third-order valence-corrected chi connectivity index (χ3v) is 11.1. The fraction of sp³-hybridized carbons (Fsp3) is 0.0192. The van der Waals surface area contributed by atoms with Crippen LogP contribution in [0.3, 0.4) is 0 Å². The molecule has 0 atom stereocenters. The monoisotopic (exact) mass is 718 g/mol. The second-order valence-electron chi connectivity index (χ2n) is 14.4. The van der Waals surface area contributed by atoms with Gasteiger partial charge in [-0.2, -0.15) is 0 Å². The third-order valence-electron chi connectivity index (χ3n) is 11.1. The summed E-state index contributed by atoms with van der Waals surface area (Å²) in [6.07, 6.45) is 0. The first-order valence-electron chi connectivity index (χ1n) is 19.0. The number of nitrogen functional groups attached to an aromatic ring is 1. The molecule has 4 nitrogen and oxygen atoms in total. The highest BCUT2D eigenvalue weighted by Crippen LogP contribution is 2.39. The molecule has 0 fully saturated rings. The maximum Gasteiger partial charge on any atom is 0.0705 e. The lowest BCUT2D eigenvalue weighted by molar-refractivity contribution is 1.17. The van der Waals surface area contributed by atoms with Gasteiger partial charge in [-0.05, 0) is 71.6 Å². The molecule has 0 saturated carbocycles. The van der Waals surface area contributed by atoms with E-state index in [4.69, 9.17) is 11.1 Å². The van der Waals surface area contributed by atoms with Gasteiger partial charge in [0.25, 0.3) is 0 Å². The van der Waals surface area contributed by atoms with Crippen molar-refractivity contribution in [3.05, 3.63) is 211 Å². The molecule has 4 heteroatoms. The number of aryl methyl sites for hydroxylation is 1. The number of rotatable bonds is 4. The topological polar surface area (TPSA) is 59.7 Å². The van der Waals surface area contributed by atoms with Crippen LogP contribution in [0.5, 0.6) is 0 Å². The average molecular weight is 719 g/mol. The smallest absolute Gasteiger partial charge is 0.0705 e. The van der Waals surface area contributed by atoms with Gasteiger partial charge >= 0.3 is 0 Å². The van der Waals surface area contributed by atoms with E-state index in [1.54, 1.807) is 0 Å². The summed E-state index contributed by atoms with van der Waals surface area (Å²) in [5.41, 5.74) is 17.7. The maximum absolute atomic E-state index is 8.58. The van der Waals surface area contributed by atoms with Crippen molar-refractivity contribution in [2.24, 2.45) is 0 Å². The first-order chi connectivity index (χ1) is 27.5. The first kappa shape index (κ1) is 33.2. The van der Waals surface area contributed by atoms with Crippen molar-refractivity contribution < 1.29 is 0 Å². The van der Waals surface area contributed by atoms with Crippen LogP contribution < -0.4 is 5.73 Å². The van der Waals surface area contributed by atoms with E-state index in [0.29, 0.717) is 11.4 Å². The quantitative estimate of drug-likeness (QED) is 0.138. The highest BCUT2D eigenvalue weighted by molar-refractivity contribution is 6.19. The number of nitrogens with two attached hydrogens (primary N) is 1.